The fourth-order valence-corrected chi connectivity index (χ4v) is 2.43. The molecule has 0 unspecified atom stereocenters. The summed E-state index contributed by atoms with van der Waals surface area (Å²) in [7, 11) is -3.49. The van der Waals surface area contributed by atoms with Crippen molar-refractivity contribution < 1.29 is 21.6 Å². The number of hydrogen-bond donors (Lipinski definition) is 2. The van der Waals surface area contributed by atoms with Gasteiger partial charge in [0.05, 0.1) is 5.75 Å². The maximum absolute atomic E-state index is 11.7. The molecule has 9 heteroatoms. The minimum Gasteiger partial charge on any atom is -0.313 e. The van der Waals surface area contributed by atoms with Crippen LogP contribution < -0.4 is 10.0 Å². The van der Waals surface area contributed by atoms with Crippen molar-refractivity contribution in [2.24, 2.45) is 0 Å². The Morgan fingerprint density at radius 3 is 2.29 bits per heavy atom. The minimum atomic E-state index is -4.31. The Morgan fingerprint density at radius 1 is 1.24 bits per heavy atom. The number of sulfonamides is 1. The highest BCUT2D eigenvalue weighted by molar-refractivity contribution is 8.00. The molecule has 0 aromatic carbocycles. The Balaban J connectivity index is 3.72. The van der Waals surface area contributed by atoms with Crippen molar-refractivity contribution in [3.05, 3.63) is 0 Å². The van der Waals surface area contributed by atoms with E-state index < -0.39 is 15.5 Å². The van der Waals surface area contributed by atoms with Crippen molar-refractivity contribution in [1.29, 1.82) is 0 Å². The van der Waals surface area contributed by atoms with Crippen LogP contribution in [0.3, 0.4) is 0 Å². The van der Waals surface area contributed by atoms with Crippen LogP contribution in [-0.4, -0.2) is 44.6 Å². The topological polar surface area (TPSA) is 58.2 Å². The normalized spacial score (nSPS) is 13.3. The van der Waals surface area contributed by atoms with E-state index in [1.807, 2.05) is 13.8 Å². The highest BCUT2D eigenvalue weighted by Gasteiger charge is 2.27. The van der Waals surface area contributed by atoms with Crippen LogP contribution in [0.5, 0.6) is 0 Å². The number of rotatable bonds is 8. The van der Waals surface area contributed by atoms with Gasteiger partial charge in [0.15, 0.2) is 0 Å². The molecule has 0 heterocycles. The lowest BCUT2D eigenvalue weighted by atomic mass is 10.4. The van der Waals surface area contributed by atoms with Crippen LogP contribution in [0.2, 0.25) is 0 Å². The van der Waals surface area contributed by atoms with E-state index in [0.717, 1.165) is 0 Å². The van der Waals surface area contributed by atoms with E-state index in [0.29, 0.717) is 0 Å². The van der Waals surface area contributed by atoms with E-state index in [1.165, 1.54) is 0 Å². The summed E-state index contributed by atoms with van der Waals surface area (Å²) in [6, 6.07) is 0.172. The molecule has 0 aromatic heterocycles. The molecule has 0 bridgehead atoms. The molecule has 0 fully saturated rings. The predicted molar refractivity (Wildman–Crippen MR) is 63.4 cm³/mol. The summed E-state index contributed by atoms with van der Waals surface area (Å²) >= 11 is -0.240. The number of halogens is 3. The zero-order valence-corrected chi connectivity index (χ0v) is 11.3. The molecule has 0 amide bonds. The maximum Gasteiger partial charge on any atom is 0.441 e. The molecule has 0 aliphatic carbocycles. The second-order valence-corrected chi connectivity index (χ2v) is 6.70. The Morgan fingerprint density at radius 2 is 1.82 bits per heavy atom. The highest BCUT2D eigenvalue weighted by Crippen LogP contribution is 2.29. The summed E-state index contributed by atoms with van der Waals surface area (Å²) in [5.74, 6) is -0.456. The van der Waals surface area contributed by atoms with Gasteiger partial charge in [-0.05, 0) is 11.8 Å². The lowest BCUT2D eigenvalue weighted by Gasteiger charge is -2.10. The van der Waals surface area contributed by atoms with Crippen LogP contribution in [0.4, 0.5) is 13.2 Å². The predicted octanol–water partition coefficient (Wildman–Crippen LogP) is 1.16. The van der Waals surface area contributed by atoms with Crippen molar-refractivity contribution in [3.63, 3.8) is 0 Å². The Hall–Kier alpha value is 0.01000. The first-order valence-electron chi connectivity index (χ1n) is 5.04. The van der Waals surface area contributed by atoms with Crippen molar-refractivity contribution in [3.8, 4) is 0 Å². The Labute approximate surface area is 104 Å². The zero-order valence-electron chi connectivity index (χ0n) is 9.67. The van der Waals surface area contributed by atoms with E-state index in [-0.39, 0.29) is 42.4 Å². The van der Waals surface area contributed by atoms with Gasteiger partial charge in [-0.15, -0.1) is 0 Å². The average Bonchev–Trinajstić information content (AvgIpc) is 2.10. The van der Waals surface area contributed by atoms with Crippen LogP contribution in [0.25, 0.3) is 0 Å². The third-order valence-electron chi connectivity index (χ3n) is 1.61. The van der Waals surface area contributed by atoms with Gasteiger partial charge in [0.25, 0.3) is 0 Å². The number of nitrogens with one attached hydrogen (secondary N) is 2. The van der Waals surface area contributed by atoms with Gasteiger partial charge < -0.3 is 5.32 Å². The molecule has 17 heavy (non-hydrogen) atoms. The maximum atomic E-state index is 11.7. The minimum absolute atomic E-state index is 0.137. The van der Waals surface area contributed by atoms with Crippen molar-refractivity contribution in [1.82, 2.24) is 10.0 Å². The second-order valence-electron chi connectivity index (χ2n) is 3.62. The molecule has 0 aromatic rings. The number of alkyl halides is 3. The molecule has 0 aliphatic rings. The van der Waals surface area contributed by atoms with Gasteiger partial charge in [0, 0.05) is 24.9 Å². The summed E-state index contributed by atoms with van der Waals surface area (Å²) in [5.41, 5.74) is -4.31. The Kier molecular flexibility index (Phi) is 7.45. The summed E-state index contributed by atoms with van der Waals surface area (Å²) in [6.07, 6.45) is 0. The van der Waals surface area contributed by atoms with Crippen molar-refractivity contribution >= 4 is 21.8 Å². The molecule has 0 atom stereocenters. The quantitative estimate of drug-likeness (QED) is 0.660. The first-order chi connectivity index (χ1) is 7.62. The van der Waals surface area contributed by atoms with Gasteiger partial charge in [-0.3, -0.25) is 0 Å². The van der Waals surface area contributed by atoms with Crippen molar-refractivity contribution in [2.45, 2.75) is 25.4 Å². The largest absolute Gasteiger partial charge is 0.441 e. The smallest absolute Gasteiger partial charge is 0.313 e. The summed E-state index contributed by atoms with van der Waals surface area (Å²) in [4.78, 5) is 0. The van der Waals surface area contributed by atoms with Crippen LogP contribution in [-0.2, 0) is 10.0 Å². The number of hydrogen-bond acceptors (Lipinski definition) is 4. The third kappa shape index (κ3) is 12.3. The standard InChI is InChI=1S/C8H17F3N2O2S2/c1-7(2)12-4-6-17(14,15)13-3-5-16-8(9,10)11/h7,12-13H,3-6H2,1-2H3. The van der Waals surface area contributed by atoms with Crippen LogP contribution in [0.15, 0.2) is 0 Å². The molecule has 4 nitrogen and oxygen atoms in total. The van der Waals surface area contributed by atoms with Crippen molar-refractivity contribution in [2.75, 3.05) is 24.6 Å². The van der Waals surface area contributed by atoms with Gasteiger partial charge >= 0.3 is 5.51 Å². The molecular weight excluding hydrogens is 277 g/mol. The van der Waals surface area contributed by atoms with E-state index in [2.05, 4.69) is 10.0 Å². The average molecular weight is 294 g/mol. The van der Waals surface area contributed by atoms with Crippen LogP contribution in [0, 0.1) is 0 Å². The molecule has 0 spiro atoms. The second kappa shape index (κ2) is 7.45. The van der Waals surface area contributed by atoms with Gasteiger partial charge in [0.2, 0.25) is 10.0 Å². The summed E-state index contributed by atoms with van der Waals surface area (Å²) in [6.45, 7) is 3.81. The molecule has 0 saturated carbocycles. The van der Waals surface area contributed by atoms with E-state index in [4.69, 9.17) is 0 Å². The van der Waals surface area contributed by atoms with E-state index >= 15 is 0 Å². The lowest BCUT2D eigenvalue weighted by Crippen LogP contribution is -2.35. The number of thioether (sulfide) groups is 1. The molecule has 104 valence electrons. The first kappa shape index (κ1) is 17.0. The zero-order chi connectivity index (χ0) is 13.5. The third-order valence-corrected chi connectivity index (χ3v) is 3.73. The molecular formula is C8H17F3N2O2S2. The fourth-order valence-electron chi connectivity index (χ4n) is 0.918. The molecule has 0 aliphatic heterocycles. The van der Waals surface area contributed by atoms with E-state index in [9.17, 15) is 21.6 Å². The van der Waals surface area contributed by atoms with Gasteiger partial charge in [0.1, 0.15) is 0 Å². The van der Waals surface area contributed by atoms with Crippen LogP contribution in [0.1, 0.15) is 13.8 Å². The molecule has 0 rings (SSSR count). The van der Waals surface area contributed by atoms with E-state index in [1.54, 1.807) is 0 Å². The monoisotopic (exact) mass is 294 g/mol. The highest BCUT2D eigenvalue weighted by atomic mass is 32.2. The van der Waals surface area contributed by atoms with Crippen LogP contribution >= 0.6 is 11.8 Å². The molecule has 0 radical (unpaired) electrons. The molecule has 0 saturated heterocycles. The molecule has 2 N–H and O–H groups in total. The van der Waals surface area contributed by atoms with Gasteiger partial charge in [-0.1, -0.05) is 13.8 Å². The first-order valence-corrected chi connectivity index (χ1v) is 7.67. The Bertz CT molecular complexity index is 304. The lowest BCUT2D eigenvalue weighted by molar-refractivity contribution is -0.0327. The summed E-state index contributed by atoms with van der Waals surface area (Å²) in [5, 5.41) is 2.91. The fraction of sp³-hybridized carbons (Fsp3) is 1.00. The van der Waals surface area contributed by atoms with Gasteiger partial charge in [-0.2, -0.15) is 13.2 Å². The van der Waals surface area contributed by atoms with Gasteiger partial charge in [-0.25, -0.2) is 13.1 Å². The SMILES string of the molecule is CC(C)NCCS(=O)(=O)NCCSC(F)(F)F. The summed E-state index contributed by atoms with van der Waals surface area (Å²) < 4.78 is 59.9.